The Kier molecular flexibility index (Phi) is 7.88. The smallest absolute Gasteiger partial charge is 0.343 e. The summed E-state index contributed by atoms with van der Waals surface area (Å²) in [6, 6.07) is 13.8. The summed E-state index contributed by atoms with van der Waals surface area (Å²) in [5.74, 6) is -0.270. The SMILES string of the molecule is CCC1=C(C(=O)OC)[C@@H](c2ccccc2)n2c(s/c(=C\c3ccc(OCC(=O)OC)c(OC)c3)c2=O)=N1. The van der Waals surface area contributed by atoms with Crippen LogP contribution in [0.3, 0.4) is 0 Å². The second-order valence-electron chi connectivity index (χ2n) is 7.97. The molecule has 0 saturated heterocycles. The van der Waals surface area contributed by atoms with Crippen molar-refractivity contribution >= 4 is 29.4 Å². The molecule has 2 heterocycles. The Labute approximate surface area is 216 Å². The number of carbonyl (C=O) groups is 2. The number of carbonyl (C=O) groups excluding carboxylic acids is 2. The molecule has 1 aliphatic rings. The van der Waals surface area contributed by atoms with Crippen LogP contribution < -0.4 is 24.4 Å². The molecule has 192 valence electrons. The highest BCUT2D eigenvalue weighted by molar-refractivity contribution is 7.07. The second-order valence-corrected chi connectivity index (χ2v) is 8.98. The molecule has 0 unspecified atom stereocenters. The zero-order valence-electron chi connectivity index (χ0n) is 20.8. The van der Waals surface area contributed by atoms with E-state index in [-0.39, 0.29) is 12.2 Å². The number of methoxy groups -OCH3 is 3. The summed E-state index contributed by atoms with van der Waals surface area (Å²) in [7, 11) is 4.09. The number of hydrogen-bond acceptors (Lipinski definition) is 9. The highest BCUT2D eigenvalue weighted by Gasteiger charge is 2.33. The molecule has 0 saturated carbocycles. The van der Waals surface area contributed by atoms with Gasteiger partial charge in [-0.15, -0.1) is 0 Å². The van der Waals surface area contributed by atoms with E-state index in [2.05, 4.69) is 9.73 Å². The fraction of sp³-hybridized carbons (Fsp3) is 0.259. The third-order valence-electron chi connectivity index (χ3n) is 5.82. The quantitative estimate of drug-likeness (QED) is 0.418. The normalized spacial score (nSPS) is 15.0. The molecule has 9 nitrogen and oxygen atoms in total. The predicted octanol–water partition coefficient (Wildman–Crippen LogP) is 2.36. The molecule has 1 atom stereocenters. The lowest BCUT2D eigenvalue weighted by atomic mass is 9.95. The van der Waals surface area contributed by atoms with E-state index in [0.717, 1.165) is 5.56 Å². The number of benzene rings is 2. The minimum absolute atomic E-state index is 0.257. The zero-order valence-corrected chi connectivity index (χ0v) is 21.7. The summed E-state index contributed by atoms with van der Waals surface area (Å²) in [6.07, 6.45) is 2.23. The lowest BCUT2D eigenvalue weighted by Crippen LogP contribution is -2.40. The van der Waals surface area contributed by atoms with Gasteiger partial charge >= 0.3 is 11.9 Å². The van der Waals surface area contributed by atoms with E-state index in [9.17, 15) is 14.4 Å². The molecule has 0 radical (unpaired) electrons. The van der Waals surface area contributed by atoms with Crippen LogP contribution in [0.4, 0.5) is 0 Å². The van der Waals surface area contributed by atoms with Crippen molar-refractivity contribution in [2.45, 2.75) is 19.4 Å². The van der Waals surface area contributed by atoms with Crippen molar-refractivity contribution in [3.63, 3.8) is 0 Å². The third-order valence-corrected chi connectivity index (χ3v) is 6.81. The van der Waals surface area contributed by atoms with Crippen LogP contribution in [0.5, 0.6) is 11.5 Å². The molecule has 1 aliphatic heterocycles. The fourth-order valence-corrected chi connectivity index (χ4v) is 5.07. The fourth-order valence-electron chi connectivity index (χ4n) is 4.06. The molecule has 0 N–H and O–H groups in total. The van der Waals surface area contributed by atoms with E-state index in [4.69, 9.17) is 14.2 Å². The van der Waals surface area contributed by atoms with Crippen molar-refractivity contribution in [1.82, 2.24) is 4.57 Å². The van der Waals surface area contributed by atoms with E-state index in [1.807, 2.05) is 37.3 Å². The third kappa shape index (κ3) is 5.19. The van der Waals surface area contributed by atoms with Crippen LogP contribution in [0.15, 0.2) is 69.6 Å². The molecule has 0 aliphatic carbocycles. The van der Waals surface area contributed by atoms with Gasteiger partial charge in [-0.05, 0) is 35.8 Å². The lowest BCUT2D eigenvalue weighted by molar-refractivity contribution is -0.143. The second kappa shape index (κ2) is 11.3. The topological polar surface area (TPSA) is 105 Å². The van der Waals surface area contributed by atoms with Gasteiger partial charge in [0.1, 0.15) is 0 Å². The van der Waals surface area contributed by atoms with Gasteiger partial charge < -0.3 is 18.9 Å². The Hall–Kier alpha value is -4.18. The van der Waals surface area contributed by atoms with Gasteiger partial charge in [-0.25, -0.2) is 14.6 Å². The first-order valence-corrected chi connectivity index (χ1v) is 12.3. The maximum absolute atomic E-state index is 13.7. The summed E-state index contributed by atoms with van der Waals surface area (Å²) < 4.78 is 22.5. The Morgan fingerprint density at radius 3 is 2.46 bits per heavy atom. The van der Waals surface area contributed by atoms with Crippen LogP contribution >= 0.6 is 11.3 Å². The lowest BCUT2D eigenvalue weighted by Gasteiger charge is -2.25. The largest absolute Gasteiger partial charge is 0.493 e. The number of allylic oxidation sites excluding steroid dienone is 1. The number of fused-ring (bicyclic) bond motifs is 1. The van der Waals surface area contributed by atoms with Crippen LogP contribution in [0, 0.1) is 0 Å². The van der Waals surface area contributed by atoms with E-state index in [1.54, 1.807) is 28.8 Å². The summed E-state index contributed by atoms with van der Waals surface area (Å²) in [4.78, 5) is 43.1. The zero-order chi connectivity index (χ0) is 26.5. The Balaban J connectivity index is 1.84. The van der Waals surface area contributed by atoms with Crippen LogP contribution in [-0.4, -0.2) is 44.4 Å². The highest BCUT2D eigenvalue weighted by Crippen LogP contribution is 2.32. The van der Waals surface area contributed by atoms with Gasteiger partial charge in [-0.3, -0.25) is 9.36 Å². The van der Waals surface area contributed by atoms with Crippen LogP contribution in [0.2, 0.25) is 0 Å². The van der Waals surface area contributed by atoms with Crippen molar-refractivity contribution in [2.24, 2.45) is 4.99 Å². The molecule has 0 spiro atoms. The van der Waals surface area contributed by atoms with Gasteiger partial charge in [-0.2, -0.15) is 0 Å². The van der Waals surface area contributed by atoms with E-state index in [0.29, 0.717) is 44.1 Å². The molecule has 0 bridgehead atoms. The van der Waals surface area contributed by atoms with E-state index < -0.39 is 18.0 Å². The summed E-state index contributed by atoms with van der Waals surface area (Å²) in [5.41, 5.74) is 2.13. The van der Waals surface area contributed by atoms with Crippen molar-refractivity contribution in [3.8, 4) is 11.5 Å². The number of rotatable bonds is 8. The molecular formula is C27H26N2O7S. The van der Waals surface area contributed by atoms with Gasteiger partial charge in [-0.1, -0.05) is 54.7 Å². The van der Waals surface area contributed by atoms with Gasteiger partial charge in [0, 0.05) is 0 Å². The monoisotopic (exact) mass is 522 g/mol. The number of thiazole rings is 1. The van der Waals surface area contributed by atoms with Crippen molar-refractivity contribution in [3.05, 3.63) is 90.6 Å². The average molecular weight is 523 g/mol. The molecule has 2 aromatic carbocycles. The molecule has 10 heteroatoms. The van der Waals surface area contributed by atoms with Crippen molar-refractivity contribution in [1.29, 1.82) is 0 Å². The minimum Gasteiger partial charge on any atom is -0.493 e. The number of nitrogens with zero attached hydrogens (tertiary/aromatic N) is 2. The van der Waals surface area contributed by atoms with Crippen LogP contribution in [0.1, 0.15) is 30.5 Å². The molecule has 4 rings (SSSR count). The first-order chi connectivity index (χ1) is 17.9. The molecule has 0 amide bonds. The summed E-state index contributed by atoms with van der Waals surface area (Å²) in [6.45, 7) is 1.65. The first-order valence-electron chi connectivity index (χ1n) is 11.5. The van der Waals surface area contributed by atoms with Crippen molar-refractivity contribution in [2.75, 3.05) is 27.9 Å². The Morgan fingerprint density at radius 2 is 1.81 bits per heavy atom. The summed E-state index contributed by atoms with van der Waals surface area (Å²) >= 11 is 1.24. The van der Waals surface area contributed by atoms with Crippen molar-refractivity contribution < 1.29 is 28.5 Å². The maximum Gasteiger partial charge on any atom is 0.343 e. The minimum atomic E-state index is -0.661. The van der Waals surface area contributed by atoms with Gasteiger partial charge in [0.2, 0.25) is 0 Å². The molecular weight excluding hydrogens is 496 g/mol. The van der Waals surface area contributed by atoms with Crippen LogP contribution in [-0.2, 0) is 19.1 Å². The molecule has 3 aromatic rings. The van der Waals surface area contributed by atoms with Gasteiger partial charge in [0.15, 0.2) is 22.9 Å². The Morgan fingerprint density at radius 1 is 1.05 bits per heavy atom. The highest BCUT2D eigenvalue weighted by atomic mass is 32.1. The number of aromatic nitrogens is 1. The average Bonchev–Trinajstić information content (AvgIpc) is 3.24. The van der Waals surface area contributed by atoms with Gasteiger partial charge in [0.25, 0.3) is 5.56 Å². The number of esters is 2. The van der Waals surface area contributed by atoms with Gasteiger partial charge in [0.05, 0.1) is 43.2 Å². The molecule has 37 heavy (non-hydrogen) atoms. The standard InChI is InChI=1S/C27H26N2O7S/c1-5-18-23(26(32)35-4)24(17-9-7-6-8-10-17)29-25(31)21(37-27(29)28-18)14-16-11-12-19(20(13-16)33-2)36-15-22(30)34-3/h6-14,24H,5,15H2,1-4H3/b21-14-/t24-/m1/s1. The first kappa shape index (κ1) is 25.9. The van der Waals surface area contributed by atoms with E-state index >= 15 is 0 Å². The predicted molar refractivity (Wildman–Crippen MR) is 137 cm³/mol. The summed E-state index contributed by atoms with van der Waals surface area (Å²) in [5, 5.41) is 0. The van der Waals surface area contributed by atoms with E-state index in [1.165, 1.54) is 32.7 Å². The molecule has 0 fully saturated rings. The number of hydrogen-bond donors (Lipinski definition) is 0. The van der Waals surface area contributed by atoms with Crippen LogP contribution in [0.25, 0.3) is 6.08 Å². The Bertz CT molecular complexity index is 1540. The number of ether oxygens (including phenoxy) is 4. The maximum atomic E-state index is 13.7. The molecule has 1 aromatic heterocycles.